The number of anilines is 1. The van der Waals surface area contributed by atoms with Crippen molar-refractivity contribution in [2.24, 2.45) is 0 Å². The summed E-state index contributed by atoms with van der Waals surface area (Å²) in [5, 5.41) is 6.15. The highest BCUT2D eigenvalue weighted by Gasteiger charge is 2.12. The summed E-state index contributed by atoms with van der Waals surface area (Å²) in [6.45, 7) is 0.430. The fourth-order valence-corrected chi connectivity index (χ4v) is 3.00. The van der Waals surface area contributed by atoms with Gasteiger partial charge in [0.25, 0.3) is 5.56 Å². The van der Waals surface area contributed by atoms with Gasteiger partial charge in [-0.3, -0.25) is 4.79 Å². The number of hydrogen-bond donors (Lipinski definition) is 1. The molecule has 25 heavy (non-hydrogen) atoms. The number of nitrogen functional groups attached to an aromatic ring is 1. The van der Waals surface area contributed by atoms with Crippen LogP contribution in [0, 0.1) is 0 Å². The molecule has 122 valence electrons. The molecule has 4 rings (SSSR count). The maximum atomic E-state index is 12.9. The van der Waals surface area contributed by atoms with Crippen LogP contribution in [0.3, 0.4) is 0 Å². The Morgan fingerprint density at radius 2 is 1.56 bits per heavy atom. The third-order valence-electron chi connectivity index (χ3n) is 4.20. The number of rotatable bonds is 3. The van der Waals surface area contributed by atoms with E-state index in [0.717, 1.165) is 22.2 Å². The predicted octanol–water partition coefficient (Wildman–Crippen LogP) is 3.69. The van der Waals surface area contributed by atoms with E-state index in [9.17, 15) is 4.79 Å². The van der Waals surface area contributed by atoms with Crippen molar-refractivity contribution in [2.75, 3.05) is 5.73 Å². The van der Waals surface area contributed by atoms with Crippen LogP contribution in [0.5, 0.6) is 0 Å². The summed E-state index contributed by atoms with van der Waals surface area (Å²) >= 11 is 0. The van der Waals surface area contributed by atoms with Crippen LogP contribution >= 0.6 is 0 Å². The van der Waals surface area contributed by atoms with Gasteiger partial charge in [-0.2, -0.15) is 5.10 Å². The minimum atomic E-state index is -0.0906. The zero-order valence-electron chi connectivity index (χ0n) is 13.6. The molecule has 4 nitrogen and oxygen atoms in total. The van der Waals surface area contributed by atoms with Gasteiger partial charge < -0.3 is 5.73 Å². The van der Waals surface area contributed by atoms with Crippen LogP contribution in [0.2, 0.25) is 0 Å². The van der Waals surface area contributed by atoms with Crippen LogP contribution in [-0.2, 0) is 6.54 Å². The van der Waals surface area contributed by atoms with E-state index >= 15 is 0 Å². The Labute approximate surface area is 145 Å². The SMILES string of the molecule is Nc1cccc(-c2nn(Cc3ccccc3)c(=O)c3ccccc23)c1. The minimum Gasteiger partial charge on any atom is -0.399 e. The number of fused-ring (bicyclic) bond motifs is 1. The predicted molar refractivity (Wildman–Crippen MR) is 101 cm³/mol. The van der Waals surface area contributed by atoms with E-state index in [1.165, 1.54) is 4.68 Å². The molecule has 0 unspecified atom stereocenters. The maximum Gasteiger partial charge on any atom is 0.274 e. The fourth-order valence-electron chi connectivity index (χ4n) is 3.00. The van der Waals surface area contributed by atoms with Gasteiger partial charge >= 0.3 is 0 Å². The summed E-state index contributed by atoms with van der Waals surface area (Å²) in [5.74, 6) is 0. The van der Waals surface area contributed by atoms with E-state index in [4.69, 9.17) is 5.73 Å². The van der Waals surface area contributed by atoms with Gasteiger partial charge in [-0.25, -0.2) is 4.68 Å². The van der Waals surface area contributed by atoms with Crippen molar-refractivity contribution in [1.82, 2.24) is 9.78 Å². The zero-order chi connectivity index (χ0) is 17.2. The molecule has 0 saturated carbocycles. The lowest BCUT2D eigenvalue weighted by Crippen LogP contribution is -2.24. The highest BCUT2D eigenvalue weighted by Crippen LogP contribution is 2.26. The van der Waals surface area contributed by atoms with Crippen molar-refractivity contribution in [3.8, 4) is 11.3 Å². The molecule has 4 aromatic rings. The first-order valence-electron chi connectivity index (χ1n) is 8.12. The molecule has 0 aliphatic heterocycles. The average molecular weight is 327 g/mol. The van der Waals surface area contributed by atoms with Crippen LogP contribution < -0.4 is 11.3 Å². The molecule has 0 spiro atoms. The monoisotopic (exact) mass is 327 g/mol. The van der Waals surface area contributed by atoms with Crippen LogP contribution in [0.1, 0.15) is 5.56 Å². The van der Waals surface area contributed by atoms with Crippen LogP contribution in [0.25, 0.3) is 22.0 Å². The molecule has 0 atom stereocenters. The van der Waals surface area contributed by atoms with E-state index in [1.54, 1.807) is 0 Å². The number of benzene rings is 3. The molecule has 0 saturated heterocycles. The van der Waals surface area contributed by atoms with Gasteiger partial charge in [0.15, 0.2) is 0 Å². The average Bonchev–Trinajstić information content (AvgIpc) is 2.65. The van der Waals surface area contributed by atoms with E-state index in [2.05, 4.69) is 5.10 Å². The molecular weight excluding hydrogens is 310 g/mol. The third kappa shape index (κ3) is 2.90. The minimum absolute atomic E-state index is 0.0906. The molecular formula is C21H17N3O. The molecule has 0 fully saturated rings. The van der Waals surface area contributed by atoms with Gasteiger partial charge in [0.05, 0.1) is 17.6 Å². The summed E-state index contributed by atoms with van der Waals surface area (Å²) < 4.78 is 1.52. The molecule has 0 radical (unpaired) electrons. The number of nitrogens with zero attached hydrogens (tertiary/aromatic N) is 2. The number of nitrogens with two attached hydrogens (primary N) is 1. The van der Waals surface area contributed by atoms with Gasteiger partial charge in [-0.05, 0) is 23.8 Å². The van der Waals surface area contributed by atoms with E-state index in [-0.39, 0.29) is 5.56 Å². The van der Waals surface area contributed by atoms with Crippen molar-refractivity contribution in [2.45, 2.75) is 6.54 Å². The molecule has 1 heterocycles. The summed E-state index contributed by atoms with van der Waals surface area (Å²) in [6, 6.07) is 25.0. The number of aromatic nitrogens is 2. The first-order chi connectivity index (χ1) is 12.2. The van der Waals surface area contributed by atoms with Crippen molar-refractivity contribution in [3.05, 3.63) is 94.8 Å². The third-order valence-corrected chi connectivity index (χ3v) is 4.20. The van der Waals surface area contributed by atoms with Gasteiger partial charge in [0.1, 0.15) is 0 Å². The summed E-state index contributed by atoms with van der Waals surface area (Å²) in [5.41, 5.74) is 9.21. The second-order valence-electron chi connectivity index (χ2n) is 5.97. The first kappa shape index (κ1) is 15.1. The summed E-state index contributed by atoms with van der Waals surface area (Å²) in [6.07, 6.45) is 0. The van der Waals surface area contributed by atoms with Gasteiger partial charge in [-0.15, -0.1) is 0 Å². The Kier molecular flexibility index (Phi) is 3.78. The Hall–Kier alpha value is -3.40. The summed E-state index contributed by atoms with van der Waals surface area (Å²) in [7, 11) is 0. The van der Waals surface area contributed by atoms with E-state index in [0.29, 0.717) is 17.6 Å². The lowest BCUT2D eigenvalue weighted by atomic mass is 10.0. The Balaban J connectivity index is 1.96. The quantitative estimate of drug-likeness (QED) is 0.584. The van der Waals surface area contributed by atoms with Gasteiger partial charge in [0, 0.05) is 16.6 Å². The molecule has 1 aromatic heterocycles. The molecule has 4 heteroatoms. The van der Waals surface area contributed by atoms with Crippen LogP contribution in [0.4, 0.5) is 5.69 Å². The smallest absolute Gasteiger partial charge is 0.274 e. The lowest BCUT2D eigenvalue weighted by molar-refractivity contribution is 0.651. The second kappa shape index (κ2) is 6.24. The second-order valence-corrected chi connectivity index (χ2v) is 5.97. The van der Waals surface area contributed by atoms with Crippen molar-refractivity contribution in [1.29, 1.82) is 0 Å². The van der Waals surface area contributed by atoms with Gasteiger partial charge in [-0.1, -0.05) is 60.7 Å². The topological polar surface area (TPSA) is 60.9 Å². The standard InChI is InChI=1S/C21H17N3O/c22-17-10-6-9-16(13-17)20-18-11-4-5-12-19(18)21(25)24(23-20)14-15-7-2-1-3-8-15/h1-13H,14,22H2. The van der Waals surface area contributed by atoms with Crippen molar-refractivity contribution < 1.29 is 0 Å². The fraction of sp³-hybridized carbons (Fsp3) is 0.0476. The van der Waals surface area contributed by atoms with Crippen LogP contribution in [-0.4, -0.2) is 9.78 Å². The molecule has 2 N–H and O–H groups in total. The maximum absolute atomic E-state index is 12.9. The molecule has 0 amide bonds. The normalized spacial score (nSPS) is 10.9. The molecule has 0 aliphatic carbocycles. The highest BCUT2D eigenvalue weighted by molar-refractivity contribution is 5.94. The van der Waals surface area contributed by atoms with Gasteiger partial charge in [0.2, 0.25) is 0 Å². The lowest BCUT2D eigenvalue weighted by Gasteiger charge is -2.12. The van der Waals surface area contributed by atoms with E-state index < -0.39 is 0 Å². The Bertz CT molecular complexity index is 1100. The molecule has 0 aliphatic rings. The Morgan fingerprint density at radius 3 is 2.32 bits per heavy atom. The molecule has 3 aromatic carbocycles. The van der Waals surface area contributed by atoms with Crippen molar-refractivity contribution in [3.63, 3.8) is 0 Å². The zero-order valence-corrected chi connectivity index (χ0v) is 13.6. The largest absolute Gasteiger partial charge is 0.399 e. The number of hydrogen-bond acceptors (Lipinski definition) is 3. The first-order valence-corrected chi connectivity index (χ1v) is 8.12. The van der Waals surface area contributed by atoms with Crippen molar-refractivity contribution >= 4 is 16.5 Å². The van der Waals surface area contributed by atoms with E-state index in [1.807, 2.05) is 78.9 Å². The summed E-state index contributed by atoms with van der Waals surface area (Å²) in [4.78, 5) is 12.9. The van der Waals surface area contributed by atoms with Crippen LogP contribution in [0.15, 0.2) is 83.7 Å². The molecule has 0 bridgehead atoms. The highest BCUT2D eigenvalue weighted by atomic mass is 16.1. The Morgan fingerprint density at radius 1 is 0.840 bits per heavy atom.